The fourth-order valence-electron chi connectivity index (χ4n) is 4.93. The number of benzene rings is 1. The van der Waals surface area contributed by atoms with Gasteiger partial charge in [0.2, 0.25) is 17.7 Å². The quantitative estimate of drug-likeness (QED) is 0.800. The van der Waals surface area contributed by atoms with Gasteiger partial charge in [-0.2, -0.15) is 4.98 Å². The monoisotopic (exact) mass is 394 g/mol. The Hall–Kier alpha value is -2.70. The molecule has 0 bridgehead atoms. The molecule has 2 amide bonds. The normalized spacial score (nSPS) is 22.4. The van der Waals surface area contributed by atoms with Crippen molar-refractivity contribution >= 4 is 17.5 Å². The number of hydrogen-bond donors (Lipinski definition) is 0. The number of rotatable bonds is 3. The average Bonchev–Trinajstić information content (AvgIpc) is 3.46. The van der Waals surface area contributed by atoms with Gasteiger partial charge in [0.15, 0.2) is 5.82 Å². The maximum atomic E-state index is 13.1. The van der Waals surface area contributed by atoms with E-state index in [-0.39, 0.29) is 23.7 Å². The van der Waals surface area contributed by atoms with Crippen molar-refractivity contribution in [3.05, 3.63) is 41.0 Å². The second kappa shape index (κ2) is 7.28. The molecule has 0 spiro atoms. The Bertz CT molecular complexity index is 945. The molecule has 152 valence electrons. The summed E-state index contributed by atoms with van der Waals surface area (Å²) in [4.78, 5) is 33.7. The minimum atomic E-state index is -0.252. The number of hydrogen-bond acceptors (Lipinski definition) is 5. The molecule has 3 heterocycles. The molecule has 2 fully saturated rings. The van der Waals surface area contributed by atoms with Crippen LogP contribution in [0.15, 0.2) is 22.7 Å². The van der Waals surface area contributed by atoms with E-state index in [4.69, 9.17) is 4.52 Å². The Morgan fingerprint density at radius 2 is 1.97 bits per heavy atom. The third kappa shape index (κ3) is 3.43. The van der Waals surface area contributed by atoms with Crippen LogP contribution in [0.5, 0.6) is 0 Å². The lowest BCUT2D eigenvalue weighted by Gasteiger charge is -2.32. The maximum absolute atomic E-state index is 13.1. The predicted octanol–water partition coefficient (Wildman–Crippen LogP) is 2.63. The van der Waals surface area contributed by atoms with Crippen molar-refractivity contribution in [2.75, 3.05) is 24.5 Å². The first-order valence-electron chi connectivity index (χ1n) is 10.6. The Morgan fingerprint density at radius 1 is 1.17 bits per heavy atom. The minimum Gasteiger partial charge on any atom is -0.342 e. The van der Waals surface area contributed by atoms with Crippen LogP contribution in [0.4, 0.5) is 5.69 Å². The summed E-state index contributed by atoms with van der Waals surface area (Å²) in [7, 11) is 0. The molecule has 0 unspecified atom stereocenters. The predicted molar refractivity (Wildman–Crippen MR) is 107 cm³/mol. The van der Waals surface area contributed by atoms with Crippen LogP contribution in [-0.2, 0) is 22.4 Å². The topological polar surface area (TPSA) is 79.5 Å². The summed E-state index contributed by atoms with van der Waals surface area (Å²) in [5, 5.41) is 3.87. The van der Waals surface area contributed by atoms with E-state index in [1.54, 1.807) is 4.90 Å². The van der Waals surface area contributed by atoms with Gasteiger partial charge in [0.25, 0.3) is 0 Å². The molecule has 1 atom stereocenters. The van der Waals surface area contributed by atoms with Crippen molar-refractivity contribution in [3.63, 3.8) is 0 Å². The highest BCUT2D eigenvalue weighted by Gasteiger charge is 2.38. The molecule has 0 N–H and O–H groups in total. The van der Waals surface area contributed by atoms with Crippen LogP contribution >= 0.6 is 0 Å². The van der Waals surface area contributed by atoms with Crippen LogP contribution in [0, 0.1) is 12.8 Å². The molecule has 2 aromatic rings. The summed E-state index contributed by atoms with van der Waals surface area (Å²) >= 11 is 0. The number of amides is 2. The molecule has 1 aromatic heterocycles. The second-order valence-electron chi connectivity index (χ2n) is 8.49. The van der Waals surface area contributed by atoms with Crippen molar-refractivity contribution in [1.29, 1.82) is 0 Å². The summed E-state index contributed by atoms with van der Waals surface area (Å²) in [5.74, 6) is 1.44. The summed E-state index contributed by atoms with van der Waals surface area (Å²) in [5.41, 5.74) is 3.69. The van der Waals surface area contributed by atoms with E-state index in [0.717, 1.165) is 31.4 Å². The summed E-state index contributed by atoms with van der Waals surface area (Å²) in [6.07, 6.45) is 5.35. The maximum Gasteiger partial charge on any atom is 0.229 e. The highest BCUT2D eigenvalue weighted by atomic mass is 16.5. The molecular formula is C22H26N4O3. The van der Waals surface area contributed by atoms with Gasteiger partial charge >= 0.3 is 0 Å². The van der Waals surface area contributed by atoms with Crippen LogP contribution in [-0.4, -0.2) is 46.5 Å². The Morgan fingerprint density at radius 3 is 2.72 bits per heavy atom. The highest BCUT2D eigenvalue weighted by Crippen LogP contribution is 2.32. The van der Waals surface area contributed by atoms with Gasteiger partial charge in [-0.25, -0.2) is 0 Å². The molecule has 7 heteroatoms. The summed E-state index contributed by atoms with van der Waals surface area (Å²) in [6.45, 7) is 3.65. The van der Waals surface area contributed by atoms with Crippen molar-refractivity contribution in [2.45, 2.75) is 51.4 Å². The lowest BCUT2D eigenvalue weighted by molar-refractivity contribution is -0.136. The van der Waals surface area contributed by atoms with Crippen LogP contribution < -0.4 is 4.90 Å². The largest absolute Gasteiger partial charge is 0.342 e. The fourth-order valence-corrected chi connectivity index (χ4v) is 4.93. The molecule has 3 aliphatic rings. The standard InChI is InChI=1S/C22H26N4O3/c1-14-23-21(29-24-14)16-7-9-25(10-8-16)22(28)18-12-20(27)26(13-18)19-6-5-15-3-2-4-17(15)11-19/h5-6,11,16,18H,2-4,7-10,12-13H2,1H3/t18-/m0/s1. The van der Waals surface area contributed by atoms with Gasteiger partial charge in [-0.1, -0.05) is 11.2 Å². The van der Waals surface area contributed by atoms with Crippen molar-refractivity contribution < 1.29 is 14.1 Å². The van der Waals surface area contributed by atoms with Gasteiger partial charge in [0, 0.05) is 37.7 Å². The SMILES string of the molecule is Cc1noc(C2CCN(C(=O)[C@H]3CC(=O)N(c4ccc5c(c4)CCC5)C3)CC2)n1. The third-order valence-corrected chi connectivity index (χ3v) is 6.57. The lowest BCUT2D eigenvalue weighted by atomic mass is 9.95. The zero-order valence-corrected chi connectivity index (χ0v) is 16.8. The van der Waals surface area contributed by atoms with Crippen LogP contribution in [0.2, 0.25) is 0 Å². The van der Waals surface area contributed by atoms with E-state index < -0.39 is 0 Å². The van der Waals surface area contributed by atoms with Crippen molar-refractivity contribution in [2.24, 2.45) is 5.92 Å². The molecule has 1 aliphatic carbocycles. The molecule has 1 aromatic carbocycles. The number of anilines is 1. The Kier molecular flexibility index (Phi) is 4.60. The fraction of sp³-hybridized carbons (Fsp3) is 0.545. The van der Waals surface area contributed by atoms with Crippen LogP contribution in [0.3, 0.4) is 0 Å². The summed E-state index contributed by atoms with van der Waals surface area (Å²) < 4.78 is 5.29. The number of likely N-dealkylation sites (tertiary alicyclic amines) is 1. The first-order chi connectivity index (χ1) is 14.1. The molecule has 29 heavy (non-hydrogen) atoms. The third-order valence-electron chi connectivity index (χ3n) is 6.57. The zero-order chi connectivity index (χ0) is 20.0. The first-order valence-corrected chi connectivity index (χ1v) is 10.6. The Labute approximate surface area is 170 Å². The molecule has 2 aliphatic heterocycles. The molecule has 5 rings (SSSR count). The van der Waals surface area contributed by atoms with Gasteiger partial charge in [0.05, 0.1) is 5.92 Å². The number of aryl methyl sites for hydroxylation is 3. The van der Waals surface area contributed by atoms with Crippen molar-refractivity contribution in [1.82, 2.24) is 15.0 Å². The van der Waals surface area contributed by atoms with Crippen LogP contribution in [0.1, 0.15) is 54.4 Å². The summed E-state index contributed by atoms with van der Waals surface area (Å²) in [6, 6.07) is 6.32. The number of carbonyl (C=O) groups is 2. The number of fused-ring (bicyclic) bond motifs is 1. The van der Waals surface area contributed by atoms with Gasteiger partial charge in [0.1, 0.15) is 0 Å². The highest BCUT2D eigenvalue weighted by molar-refractivity contribution is 6.00. The van der Waals surface area contributed by atoms with Crippen molar-refractivity contribution in [3.8, 4) is 0 Å². The van der Waals surface area contributed by atoms with E-state index in [1.807, 2.05) is 17.9 Å². The van der Waals surface area contributed by atoms with Gasteiger partial charge in [-0.3, -0.25) is 9.59 Å². The van der Waals surface area contributed by atoms with E-state index in [2.05, 4.69) is 22.3 Å². The average molecular weight is 394 g/mol. The number of nitrogens with zero attached hydrogens (tertiary/aromatic N) is 4. The zero-order valence-electron chi connectivity index (χ0n) is 16.8. The van der Waals surface area contributed by atoms with Gasteiger partial charge in [-0.05, 0) is 62.3 Å². The molecule has 0 radical (unpaired) electrons. The molecule has 7 nitrogen and oxygen atoms in total. The minimum absolute atomic E-state index is 0.0533. The van der Waals surface area contributed by atoms with E-state index >= 15 is 0 Å². The van der Waals surface area contributed by atoms with Gasteiger partial charge in [-0.15, -0.1) is 0 Å². The van der Waals surface area contributed by atoms with E-state index in [0.29, 0.717) is 37.8 Å². The molecule has 2 saturated heterocycles. The van der Waals surface area contributed by atoms with E-state index in [9.17, 15) is 9.59 Å². The Balaban J connectivity index is 1.22. The number of carbonyl (C=O) groups excluding carboxylic acids is 2. The number of aromatic nitrogens is 2. The molecule has 0 saturated carbocycles. The smallest absolute Gasteiger partial charge is 0.229 e. The van der Waals surface area contributed by atoms with E-state index in [1.165, 1.54) is 17.5 Å². The number of piperidine rings is 1. The first kappa shape index (κ1) is 18.3. The van der Waals surface area contributed by atoms with Gasteiger partial charge < -0.3 is 14.3 Å². The lowest BCUT2D eigenvalue weighted by Crippen LogP contribution is -2.42. The second-order valence-corrected chi connectivity index (χ2v) is 8.49. The molecular weight excluding hydrogens is 368 g/mol. The van der Waals surface area contributed by atoms with Crippen LogP contribution in [0.25, 0.3) is 0 Å².